The third-order valence-electron chi connectivity index (χ3n) is 3.01. The molecule has 0 radical (unpaired) electrons. The Morgan fingerprint density at radius 1 is 1.36 bits per heavy atom. The van der Waals surface area contributed by atoms with Crippen molar-refractivity contribution >= 4 is 23.3 Å². The van der Waals surface area contributed by atoms with Crippen molar-refractivity contribution < 1.29 is 9.90 Å². The maximum atomic E-state index is 11.2. The van der Waals surface area contributed by atoms with Crippen LogP contribution in [0.1, 0.15) is 63.7 Å². The maximum absolute atomic E-state index is 11.2. The van der Waals surface area contributed by atoms with Crippen molar-refractivity contribution in [3.63, 3.8) is 0 Å². The van der Waals surface area contributed by atoms with Crippen molar-refractivity contribution in [3.05, 3.63) is 17.0 Å². The second-order valence-corrected chi connectivity index (χ2v) is 4.77. The van der Waals surface area contributed by atoms with Crippen LogP contribution in [0.15, 0.2) is 6.20 Å². The highest BCUT2D eigenvalue weighted by molar-refractivity contribution is 6.28. The number of aliphatic hydroxyl groups excluding tert-OH is 1. The Balaban J connectivity index is 0.00000102. The van der Waals surface area contributed by atoms with E-state index in [0.717, 1.165) is 19.3 Å². The van der Waals surface area contributed by atoms with Crippen LogP contribution in [0.2, 0.25) is 5.28 Å². The van der Waals surface area contributed by atoms with Crippen molar-refractivity contribution in [1.82, 2.24) is 9.97 Å². The van der Waals surface area contributed by atoms with E-state index in [0.29, 0.717) is 12.2 Å². The lowest BCUT2D eigenvalue weighted by molar-refractivity contribution is 0.100. The average Bonchev–Trinajstić information content (AvgIpc) is 2.51. The number of carbonyl (C=O) groups is 1. The molecular formula is C15H27ClN4O2. The number of primary amides is 1. The molecule has 1 aliphatic rings. The van der Waals surface area contributed by atoms with Crippen LogP contribution in [-0.2, 0) is 0 Å². The van der Waals surface area contributed by atoms with E-state index in [1.807, 2.05) is 27.7 Å². The van der Waals surface area contributed by atoms with Crippen LogP contribution >= 0.6 is 11.6 Å². The lowest BCUT2D eigenvalue weighted by atomic mass is 9.93. The SMILES string of the molecule is CC.CC.NC(=O)c1cnc(Cl)nc1NC1CCCC(O)C1. The number of halogens is 1. The highest BCUT2D eigenvalue weighted by atomic mass is 35.5. The van der Waals surface area contributed by atoms with Gasteiger partial charge in [-0.25, -0.2) is 4.98 Å². The fourth-order valence-corrected chi connectivity index (χ4v) is 2.27. The fourth-order valence-electron chi connectivity index (χ4n) is 2.14. The van der Waals surface area contributed by atoms with Gasteiger partial charge in [0.25, 0.3) is 5.91 Å². The van der Waals surface area contributed by atoms with E-state index in [-0.39, 0.29) is 23.0 Å². The summed E-state index contributed by atoms with van der Waals surface area (Å²) in [6.45, 7) is 8.00. The molecule has 0 saturated heterocycles. The molecule has 2 rings (SSSR count). The van der Waals surface area contributed by atoms with Crippen molar-refractivity contribution in [2.45, 2.75) is 65.5 Å². The molecule has 1 saturated carbocycles. The number of nitrogens with two attached hydrogens (primary N) is 1. The molecule has 1 aromatic rings. The van der Waals surface area contributed by atoms with Gasteiger partial charge in [-0.15, -0.1) is 0 Å². The van der Waals surface area contributed by atoms with E-state index in [9.17, 15) is 9.90 Å². The molecular weight excluding hydrogens is 304 g/mol. The Labute approximate surface area is 137 Å². The summed E-state index contributed by atoms with van der Waals surface area (Å²) in [5.41, 5.74) is 5.45. The zero-order valence-electron chi connectivity index (χ0n) is 13.8. The van der Waals surface area contributed by atoms with E-state index >= 15 is 0 Å². The van der Waals surface area contributed by atoms with Gasteiger partial charge in [-0.05, 0) is 37.3 Å². The molecule has 1 aromatic heterocycles. The number of nitrogens with zero attached hydrogens (tertiary/aromatic N) is 2. The predicted octanol–water partition coefficient (Wildman–Crippen LogP) is 3.00. The summed E-state index contributed by atoms with van der Waals surface area (Å²) in [5, 5.41) is 12.8. The molecule has 2 atom stereocenters. The number of nitrogens with one attached hydrogen (secondary N) is 1. The van der Waals surface area contributed by atoms with Gasteiger partial charge in [0.1, 0.15) is 5.82 Å². The molecule has 1 aliphatic carbocycles. The number of rotatable bonds is 3. The molecule has 0 spiro atoms. The molecule has 4 N–H and O–H groups in total. The minimum Gasteiger partial charge on any atom is -0.393 e. The standard InChI is InChI=1S/C11H15ClN4O2.2C2H6/c12-11-14-5-8(9(13)18)10(16-11)15-6-2-1-3-7(17)4-6;2*1-2/h5-7,17H,1-4H2,(H2,13,18)(H,14,15,16);2*1-2H3. The van der Waals surface area contributed by atoms with Crippen molar-refractivity contribution in [2.75, 3.05) is 5.32 Å². The normalized spacial score (nSPS) is 19.9. The van der Waals surface area contributed by atoms with Gasteiger partial charge in [-0.1, -0.05) is 27.7 Å². The first-order valence-electron chi connectivity index (χ1n) is 7.83. The van der Waals surface area contributed by atoms with Gasteiger partial charge < -0.3 is 16.2 Å². The molecule has 1 fully saturated rings. The van der Waals surface area contributed by atoms with Gasteiger partial charge in [0, 0.05) is 12.2 Å². The quantitative estimate of drug-likeness (QED) is 0.739. The monoisotopic (exact) mass is 330 g/mol. The lowest BCUT2D eigenvalue weighted by Crippen LogP contribution is -2.31. The summed E-state index contributed by atoms with van der Waals surface area (Å²) in [7, 11) is 0. The summed E-state index contributed by atoms with van der Waals surface area (Å²) in [6.07, 6.45) is 4.27. The number of hydrogen-bond donors (Lipinski definition) is 3. The molecule has 1 amide bonds. The number of hydrogen-bond acceptors (Lipinski definition) is 5. The zero-order chi connectivity index (χ0) is 17.1. The van der Waals surface area contributed by atoms with Crippen LogP contribution in [-0.4, -0.2) is 33.1 Å². The van der Waals surface area contributed by atoms with Crippen LogP contribution in [0.25, 0.3) is 0 Å². The highest BCUT2D eigenvalue weighted by Gasteiger charge is 2.22. The van der Waals surface area contributed by atoms with Gasteiger partial charge in [0.05, 0.1) is 11.7 Å². The largest absolute Gasteiger partial charge is 0.393 e. The molecule has 2 unspecified atom stereocenters. The van der Waals surface area contributed by atoms with E-state index in [1.165, 1.54) is 6.20 Å². The molecule has 22 heavy (non-hydrogen) atoms. The second kappa shape index (κ2) is 11.2. The zero-order valence-corrected chi connectivity index (χ0v) is 14.5. The van der Waals surface area contributed by atoms with Crippen LogP contribution in [0, 0.1) is 0 Å². The maximum Gasteiger partial charge on any atom is 0.254 e. The number of anilines is 1. The first kappa shape index (κ1) is 20.6. The summed E-state index contributed by atoms with van der Waals surface area (Å²) < 4.78 is 0. The number of aromatic nitrogens is 2. The van der Waals surface area contributed by atoms with E-state index < -0.39 is 5.91 Å². The Morgan fingerprint density at radius 3 is 2.55 bits per heavy atom. The van der Waals surface area contributed by atoms with Crippen LogP contribution < -0.4 is 11.1 Å². The van der Waals surface area contributed by atoms with Gasteiger partial charge in [0.2, 0.25) is 5.28 Å². The fraction of sp³-hybridized carbons (Fsp3) is 0.667. The highest BCUT2D eigenvalue weighted by Crippen LogP contribution is 2.23. The second-order valence-electron chi connectivity index (χ2n) is 4.43. The van der Waals surface area contributed by atoms with Crippen LogP contribution in [0.3, 0.4) is 0 Å². The Bertz CT molecular complexity index is 457. The van der Waals surface area contributed by atoms with Crippen LogP contribution in [0.5, 0.6) is 0 Å². The molecule has 6 nitrogen and oxygen atoms in total. The molecule has 0 aliphatic heterocycles. The van der Waals surface area contributed by atoms with Gasteiger partial charge in [-0.3, -0.25) is 4.79 Å². The van der Waals surface area contributed by atoms with E-state index in [1.54, 1.807) is 0 Å². The van der Waals surface area contributed by atoms with E-state index in [2.05, 4.69) is 15.3 Å². The van der Waals surface area contributed by atoms with Crippen LogP contribution in [0.4, 0.5) is 5.82 Å². The Hall–Kier alpha value is -1.40. The average molecular weight is 331 g/mol. The Kier molecular flexibility index (Phi) is 10.5. The molecule has 0 bridgehead atoms. The molecule has 7 heteroatoms. The molecule has 1 heterocycles. The predicted molar refractivity (Wildman–Crippen MR) is 90.1 cm³/mol. The van der Waals surface area contributed by atoms with Crippen molar-refractivity contribution in [2.24, 2.45) is 5.73 Å². The first-order valence-corrected chi connectivity index (χ1v) is 8.21. The van der Waals surface area contributed by atoms with Gasteiger partial charge >= 0.3 is 0 Å². The minimum atomic E-state index is -0.606. The number of aliphatic hydroxyl groups is 1. The van der Waals surface area contributed by atoms with Crippen molar-refractivity contribution in [1.29, 1.82) is 0 Å². The third kappa shape index (κ3) is 6.58. The minimum absolute atomic E-state index is 0.0545. The van der Waals surface area contributed by atoms with Gasteiger partial charge in [0.15, 0.2) is 0 Å². The summed E-state index contributed by atoms with van der Waals surface area (Å²) in [6, 6.07) is 0.0674. The smallest absolute Gasteiger partial charge is 0.254 e. The summed E-state index contributed by atoms with van der Waals surface area (Å²) in [4.78, 5) is 19.0. The number of amides is 1. The summed E-state index contributed by atoms with van der Waals surface area (Å²) >= 11 is 5.70. The molecule has 0 aromatic carbocycles. The van der Waals surface area contributed by atoms with Gasteiger partial charge in [-0.2, -0.15) is 4.98 Å². The first-order chi connectivity index (χ1) is 10.6. The lowest BCUT2D eigenvalue weighted by Gasteiger charge is -2.27. The molecule has 126 valence electrons. The topological polar surface area (TPSA) is 101 Å². The van der Waals surface area contributed by atoms with Crippen molar-refractivity contribution in [3.8, 4) is 0 Å². The third-order valence-corrected chi connectivity index (χ3v) is 3.19. The summed E-state index contributed by atoms with van der Waals surface area (Å²) in [5.74, 6) is -0.271. The number of carbonyl (C=O) groups excluding carboxylic acids is 1. The Morgan fingerprint density at radius 2 is 2.00 bits per heavy atom. The van der Waals surface area contributed by atoms with E-state index in [4.69, 9.17) is 17.3 Å².